The second kappa shape index (κ2) is 7.28. The Morgan fingerprint density at radius 3 is 2.62 bits per heavy atom. The predicted molar refractivity (Wildman–Crippen MR) is 97.8 cm³/mol. The van der Waals surface area contributed by atoms with E-state index in [2.05, 4.69) is 10.3 Å². The van der Waals surface area contributed by atoms with Crippen molar-refractivity contribution in [3.05, 3.63) is 54.4 Å². The molecule has 1 aromatic carbocycles. The van der Waals surface area contributed by atoms with E-state index in [1.165, 1.54) is 25.7 Å². The molecule has 0 radical (unpaired) electrons. The lowest BCUT2D eigenvalue weighted by molar-refractivity contribution is -0.135. The molecular formula is C21H22N2O3. The number of carbonyl (C=O) groups is 2. The Bertz CT molecular complexity index is 789. The van der Waals surface area contributed by atoms with Crippen molar-refractivity contribution in [3.63, 3.8) is 0 Å². The zero-order chi connectivity index (χ0) is 17.9. The predicted octanol–water partition coefficient (Wildman–Crippen LogP) is 4.07. The van der Waals surface area contributed by atoms with Gasteiger partial charge in [-0.3, -0.25) is 14.6 Å². The molecule has 1 N–H and O–H groups in total. The van der Waals surface area contributed by atoms with E-state index in [0.29, 0.717) is 35.3 Å². The Labute approximate surface area is 152 Å². The molecule has 3 unspecified atom stereocenters. The Morgan fingerprint density at radius 1 is 1.12 bits per heavy atom. The Hall–Kier alpha value is -2.69. The molecule has 1 amide bonds. The fourth-order valence-electron chi connectivity index (χ4n) is 4.33. The van der Waals surface area contributed by atoms with Gasteiger partial charge < -0.3 is 10.1 Å². The minimum absolute atomic E-state index is 0.171. The third-order valence-electron chi connectivity index (χ3n) is 5.58. The maximum Gasteiger partial charge on any atom is 0.311 e. The zero-order valence-electron chi connectivity index (χ0n) is 14.6. The minimum atomic E-state index is -0.224. The summed E-state index contributed by atoms with van der Waals surface area (Å²) in [5, 5.41) is 2.77. The third kappa shape index (κ3) is 3.77. The van der Waals surface area contributed by atoms with Crippen molar-refractivity contribution in [2.45, 2.75) is 32.1 Å². The highest BCUT2D eigenvalue weighted by atomic mass is 16.5. The van der Waals surface area contributed by atoms with Gasteiger partial charge in [0.05, 0.1) is 11.9 Å². The first-order valence-electron chi connectivity index (χ1n) is 9.19. The molecule has 5 heteroatoms. The van der Waals surface area contributed by atoms with Crippen molar-refractivity contribution in [1.82, 2.24) is 4.98 Å². The van der Waals surface area contributed by atoms with Crippen molar-refractivity contribution in [2.24, 2.45) is 17.8 Å². The highest BCUT2D eigenvalue weighted by molar-refractivity contribution is 6.04. The number of fused-ring (bicyclic) bond motifs is 2. The summed E-state index contributed by atoms with van der Waals surface area (Å²) in [6.07, 6.45) is 8.80. The molecule has 4 rings (SSSR count). The van der Waals surface area contributed by atoms with Crippen molar-refractivity contribution >= 4 is 17.6 Å². The van der Waals surface area contributed by atoms with Crippen LogP contribution in [-0.2, 0) is 4.79 Å². The van der Waals surface area contributed by atoms with Gasteiger partial charge in [-0.25, -0.2) is 0 Å². The van der Waals surface area contributed by atoms with E-state index in [9.17, 15) is 9.59 Å². The van der Waals surface area contributed by atoms with Crippen molar-refractivity contribution in [2.75, 3.05) is 5.32 Å². The van der Waals surface area contributed by atoms with Gasteiger partial charge in [-0.1, -0.05) is 6.42 Å². The van der Waals surface area contributed by atoms with E-state index in [0.717, 1.165) is 5.92 Å². The van der Waals surface area contributed by atoms with Crippen LogP contribution in [0.1, 0.15) is 42.5 Å². The Balaban J connectivity index is 1.31. The number of ether oxygens (including phenoxy) is 1. The molecule has 0 aliphatic heterocycles. The van der Waals surface area contributed by atoms with E-state index in [1.807, 2.05) is 0 Å². The number of anilines is 1. The number of benzene rings is 1. The summed E-state index contributed by atoms with van der Waals surface area (Å²) >= 11 is 0. The molecule has 0 spiro atoms. The van der Waals surface area contributed by atoms with E-state index in [1.54, 1.807) is 48.8 Å². The van der Waals surface area contributed by atoms with Crippen LogP contribution in [0.25, 0.3) is 0 Å². The first-order valence-corrected chi connectivity index (χ1v) is 9.19. The van der Waals surface area contributed by atoms with Crippen molar-refractivity contribution in [3.8, 4) is 5.75 Å². The highest BCUT2D eigenvalue weighted by Gasteiger charge is 2.40. The zero-order valence-corrected chi connectivity index (χ0v) is 14.6. The number of pyridine rings is 1. The Morgan fingerprint density at radius 2 is 1.96 bits per heavy atom. The summed E-state index contributed by atoms with van der Waals surface area (Å²) in [6, 6.07) is 10.2. The third-order valence-corrected chi connectivity index (χ3v) is 5.58. The number of nitrogens with zero attached hydrogens (tertiary/aromatic N) is 1. The average Bonchev–Trinajstić information content (AvgIpc) is 3.26. The van der Waals surface area contributed by atoms with Crippen molar-refractivity contribution < 1.29 is 14.3 Å². The molecule has 26 heavy (non-hydrogen) atoms. The van der Waals surface area contributed by atoms with Gasteiger partial charge >= 0.3 is 5.97 Å². The molecule has 2 fully saturated rings. The van der Waals surface area contributed by atoms with E-state index in [-0.39, 0.29) is 11.9 Å². The van der Waals surface area contributed by atoms with E-state index in [4.69, 9.17) is 4.74 Å². The summed E-state index contributed by atoms with van der Waals surface area (Å²) in [7, 11) is 0. The molecule has 2 saturated carbocycles. The Kier molecular flexibility index (Phi) is 4.69. The number of hydrogen-bond acceptors (Lipinski definition) is 4. The average molecular weight is 350 g/mol. The summed E-state index contributed by atoms with van der Waals surface area (Å²) < 4.78 is 5.46. The molecule has 3 atom stereocenters. The van der Waals surface area contributed by atoms with Crippen LogP contribution in [0.2, 0.25) is 0 Å². The number of rotatable bonds is 5. The SMILES string of the molecule is O=C(CC1CC2CCC1C2)Oc1ccc(C(=O)Nc2cccnc2)cc1. The molecule has 0 saturated heterocycles. The van der Waals surface area contributed by atoms with Gasteiger partial charge in [0.25, 0.3) is 5.91 Å². The first kappa shape index (κ1) is 16.8. The smallest absolute Gasteiger partial charge is 0.311 e. The largest absolute Gasteiger partial charge is 0.427 e. The number of amides is 1. The molecule has 5 nitrogen and oxygen atoms in total. The normalized spacial score (nSPS) is 23.6. The van der Waals surface area contributed by atoms with Crippen LogP contribution >= 0.6 is 0 Å². The minimum Gasteiger partial charge on any atom is -0.427 e. The lowest BCUT2D eigenvalue weighted by Gasteiger charge is -2.20. The summed E-state index contributed by atoms with van der Waals surface area (Å²) in [5.41, 5.74) is 1.14. The molecule has 1 aromatic heterocycles. The molecule has 134 valence electrons. The van der Waals surface area contributed by atoms with Crippen molar-refractivity contribution in [1.29, 1.82) is 0 Å². The molecule has 2 aliphatic rings. The lowest BCUT2D eigenvalue weighted by atomic mass is 9.86. The highest BCUT2D eigenvalue weighted by Crippen LogP contribution is 2.49. The van der Waals surface area contributed by atoms with Gasteiger partial charge in [0.15, 0.2) is 0 Å². The van der Waals surface area contributed by atoms with Gasteiger partial charge in [0.1, 0.15) is 5.75 Å². The molecule has 2 bridgehead atoms. The van der Waals surface area contributed by atoms with Crippen LogP contribution in [0.5, 0.6) is 5.75 Å². The van der Waals surface area contributed by atoms with Crippen LogP contribution in [0.4, 0.5) is 5.69 Å². The maximum atomic E-state index is 12.2. The summed E-state index contributed by atoms with van der Waals surface area (Å²) in [6.45, 7) is 0. The first-order chi connectivity index (χ1) is 12.7. The second-order valence-electron chi connectivity index (χ2n) is 7.33. The van der Waals surface area contributed by atoms with E-state index >= 15 is 0 Å². The van der Waals surface area contributed by atoms with Gasteiger partial charge in [-0.15, -0.1) is 0 Å². The quantitative estimate of drug-likeness (QED) is 0.652. The topological polar surface area (TPSA) is 68.3 Å². The lowest BCUT2D eigenvalue weighted by Crippen LogP contribution is -2.18. The van der Waals surface area contributed by atoms with Crippen LogP contribution in [-0.4, -0.2) is 16.9 Å². The van der Waals surface area contributed by atoms with Crippen LogP contribution in [0.15, 0.2) is 48.8 Å². The maximum absolute atomic E-state index is 12.2. The number of aromatic nitrogens is 1. The second-order valence-corrected chi connectivity index (χ2v) is 7.33. The fourth-order valence-corrected chi connectivity index (χ4v) is 4.33. The van der Waals surface area contributed by atoms with E-state index < -0.39 is 0 Å². The fraction of sp³-hybridized carbons (Fsp3) is 0.381. The molecule has 2 aliphatic carbocycles. The monoisotopic (exact) mass is 350 g/mol. The number of esters is 1. The number of hydrogen-bond donors (Lipinski definition) is 1. The molecule has 2 aromatic rings. The van der Waals surface area contributed by atoms with Crippen LogP contribution in [0, 0.1) is 17.8 Å². The summed E-state index contributed by atoms with van der Waals surface area (Å²) in [5.74, 6) is 2.12. The van der Waals surface area contributed by atoms with Gasteiger partial charge in [0.2, 0.25) is 0 Å². The number of carbonyl (C=O) groups excluding carboxylic acids is 2. The van der Waals surface area contributed by atoms with Gasteiger partial charge in [-0.2, -0.15) is 0 Å². The summed E-state index contributed by atoms with van der Waals surface area (Å²) in [4.78, 5) is 28.4. The van der Waals surface area contributed by atoms with Gasteiger partial charge in [-0.05, 0) is 73.4 Å². The molecular weight excluding hydrogens is 328 g/mol. The number of nitrogens with one attached hydrogen (secondary N) is 1. The molecule has 1 heterocycles. The van der Waals surface area contributed by atoms with Gasteiger partial charge in [0, 0.05) is 18.2 Å². The van der Waals surface area contributed by atoms with Crippen LogP contribution in [0.3, 0.4) is 0 Å². The standard InChI is InChI=1S/C21H22N2O3/c24-20(12-17-11-14-3-4-16(17)10-14)26-19-7-5-15(6-8-19)21(25)23-18-2-1-9-22-13-18/h1-2,5-9,13-14,16-17H,3-4,10-12H2,(H,23,25). The van der Waals surface area contributed by atoms with Crippen LogP contribution < -0.4 is 10.1 Å².